The first-order chi connectivity index (χ1) is 9.14. The third-order valence-corrected chi connectivity index (χ3v) is 3.74. The Labute approximate surface area is 111 Å². The third kappa shape index (κ3) is 2.17. The number of benzene rings is 1. The van der Waals surface area contributed by atoms with Gasteiger partial charge in [-0.3, -0.25) is 0 Å². The van der Waals surface area contributed by atoms with Crippen LogP contribution >= 0.6 is 0 Å². The van der Waals surface area contributed by atoms with E-state index < -0.39 is 30.2 Å². The van der Waals surface area contributed by atoms with Crippen molar-refractivity contribution in [3.8, 4) is 0 Å². The SMILES string of the molecule is C[C@]12O[C@H]([C@@H](O)[C@H]1OCc1ccccc1)[C@@H](CO)O2. The zero-order chi connectivity index (χ0) is 13.5. The molecule has 0 aromatic heterocycles. The highest BCUT2D eigenvalue weighted by Gasteiger charge is 2.63. The van der Waals surface area contributed by atoms with Gasteiger partial charge in [-0.1, -0.05) is 30.3 Å². The molecule has 2 aliphatic heterocycles. The normalized spacial score (nSPS) is 40.8. The molecule has 0 unspecified atom stereocenters. The molecule has 0 radical (unpaired) electrons. The summed E-state index contributed by atoms with van der Waals surface area (Å²) in [7, 11) is 0. The van der Waals surface area contributed by atoms with Crippen molar-refractivity contribution in [2.24, 2.45) is 0 Å². The zero-order valence-electron chi connectivity index (χ0n) is 10.7. The van der Waals surface area contributed by atoms with Crippen molar-refractivity contribution in [1.29, 1.82) is 0 Å². The predicted octanol–water partition coefficient (Wildman–Crippen LogP) is 0.439. The molecule has 104 valence electrons. The molecular formula is C14H18O5. The summed E-state index contributed by atoms with van der Waals surface area (Å²) < 4.78 is 17.0. The molecule has 2 saturated heterocycles. The molecule has 5 nitrogen and oxygen atoms in total. The largest absolute Gasteiger partial charge is 0.394 e. The first kappa shape index (κ1) is 13.0. The maximum absolute atomic E-state index is 10.2. The van der Waals surface area contributed by atoms with Gasteiger partial charge in [0.05, 0.1) is 13.2 Å². The van der Waals surface area contributed by atoms with E-state index in [0.29, 0.717) is 6.61 Å². The van der Waals surface area contributed by atoms with Crippen LogP contribution in [0.2, 0.25) is 0 Å². The fraction of sp³-hybridized carbons (Fsp3) is 0.571. The van der Waals surface area contributed by atoms with Crippen LogP contribution in [0, 0.1) is 0 Å². The Morgan fingerprint density at radius 3 is 2.63 bits per heavy atom. The highest BCUT2D eigenvalue weighted by molar-refractivity contribution is 5.14. The lowest BCUT2D eigenvalue weighted by Gasteiger charge is -2.34. The average Bonchev–Trinajstić information content (AvgIpc) is 2.88. The topological polar surface area (TPSA) is 68.2 Å². The summed E-state index contributed by atoms with van der Waals surface area (Å²) in [5.41, 5.74) is 1.03. The van der Waals surface area contributed by atoms with Gasteiger partial charge in [0.2, 0.25) is 0 Å². The Balaban J connectivity index is 1.67. The van der Waals surface area contributed by atoms with E-state index in [0.717, 1.165) is 5.56 Å². The maximum atomic E-state index is 10.2. The Hall–Kier alpha value is -0.980. The fourth-order valence-corrected chi connectivity index (χ4v) is 2.80. The Kier molecular flexibility index (Phi) is 3.32. The lowest BCUT2D eigenvalue weighted by Crippen LogP contribution is -2.52. The second-order valence-electron chi connectivity index (χ2n) is 5.15. The van der Waals surface area contributed by atoms with Gasteiger partial charge >= 0.3 is 0 Å². The molecule has 2 heterocycles. The van der Waals surface area contributed by atoms with Crippen LogP contribution in [-0.4, -0.2) is 47.0 Å². The standard InChI is InChI=1S/C14H18O5/c1-14-13(17-8-9-5-3-2-4-6-9)11(16)12(19-14)10(7-15)18-14/h2-6,10-13,15-16H,7-8H2,1H3/t10-,11-,12+,13-,14+/m1/s1. The molecule has 5 heteroatoms. The smallest absolute Gasteiger partial charge is 0.195 e. The average molecular weight is 266 g/mol. The highest BCUT2D eigenvalue weighted by atomic mass is 16.8. The van der Waals surface area contributed by atoms with E-state index in [1.165, 1.54) is 0 Å². The number of hydrogen-bond acceptors (Lipinski definition) is 5. The fourth-order valence-electron chi connectivity index (χ4n) is 2.80. The number of hydrogen-bond donors (Lipinski definition) is 2. The number of aliphatic hydroxyl groups excluding tert-OH is 2. The molecule has 19 heavy (non-hydrogen) atoms. The van der Waals surface area contributed by atoms with Crippen LogP contribution in [-0.2, 0) is 20.8 Å². The van der Waals surface area contributed by atoms with Crippen LogP contribution in [0.4, 0.5) is 0 Å². The molecule has 0 saturated carbocycles. The molecule has 2 fully saturated rings. The number of rotatable bonds is 4. The zero-order valence-corrected chi connectivity index (χ0v) is 10.7. The Bertz CT molecular complexity index is 433. The molecule has 2 N–H and O–H groups in total. The molecule has 1 aromatic carbocycles. The minimum atomic E-state index is -0.980. The van der Waals surface area contributed by atoms with E-state index in [9.17, 15) is 5.11 Å². The van der Waals surface area contributed by atoms with E-state index >= 15 is 0 Å². The molecule has 2 bridgehead atoms. The van der Waals surface area contributed by atoms with E-state index in [2.05, 4.69) is 0 Å². The van der Waals surface area contributed by atoms with Gasteiger partial charge < -0.3 is 24.4 Å². The minimum absolute atomic E-state index is 0.164. The van der Waals surface area contributed by atoms with Crippen molar-refractivity contribution in [2.45, 2.75) is 43.7 Å². The van der Waals surface area contributed by atoms with Gasteiger partial charge in [-0.05, 0) is 12.5 Å². The van der Waals surface area contributed by atoms with Crippen LogP contribution in [0.5, 0.6) is 0 Å². The Morgan fingerprint density at radius 2 is 2.00 bits per heavy atom. The number of ether oxygens (including phenoxy) is 3. The molecule has 1 aromatic rings. The van der Waals surface area contributed by atoms with Gasteiger partial charge in [-0.15, -0.1) is 0 Å². The molecule has 0 amide bonds. The predicted molar refractivity (Wildman–Crippen MR) is 66.3 cm³/mol. The van der Waals surface area contributed by atoms with Crippen LogP contribution < -0.4 is 0 Å². The number of fused-ring (bicyclic) bond motifs is 2. The van der Waals surface area contributed by atoms with E-state index in [1.54, 1.807) is 6.92 Å². The Morgan fingerprint density at radius 1 is 1.26 bits per heavy atom. The van der Waals surface area contributed by atoms with E-state index in [4.69, 9.17) is 19.3 Å². The van der Waals surface area contributed by atoms with Gasteiger partial charge in [0.1, 0.15) is 24.4 Å². The maximum Gasteiger partial charge on any atom is 0.195 e. The quantitative estimate of drug-likeness (QED) is 0.827. The molecule has 2 aliphatic rings. The van der Waals surface area contributed by atoms with Crippen molar-refractivity contribution < 1.29 is 24.4 Å². The molecule has 5 atom stereocenters. The van der Waals surface area contributed by atoms with E-state index in [1.807, 2.05) is 30.3 Å². The van der Waals surface area contributed by atoms with Crippen molar-refractivity contribution in [3.63, 3.8) is 0 Å². The number of aliphatic hydroxyl groups is 2. The van der Waals surface area contributed by atoms with Crippen LogP contribution in [0.25, 0.3) is 0 Å². The molecular weight excluding hydrogens is 248 g/mol. The lowest BCUT2D eigenvalue weighted by atomic mass is 9.99. The summed E-state index contributed by atoms with van der Waals surface area (Å²) in [5, 5.41) is 19.3. The van der Waals surface area contributed by atoms with Gasteiger partial charge in [0.15, 0.2) is 5.79 Å². The summed E-state index contributed by atoms with van der Waals surface area (Å²) in [6.07, 6.45) is -2.31. The summed E-state index contributed by atoms with van der Waals surface area (Å²) >= 11 is 0. The van der Waals surface area contributed by atoms with Gasteiger partial charge in [-0.25, -0.2) is 0 Å². The van der Waals surface area contributed by atoms with Crippen molar-refractivity contribution in [1.82, 2.24) is 0 Å². The first-order valence-corrected chi connectivity index (χ1v) is 6.44. The summed E-state index contributed by atoms with van der Waals surface area (Å²) in [6.45, 7) is 1.96. The van der Waals surface area contributed by atoms with Crippen molar-refractivity contribution in [3.05, 3.63) is 35.9 Å². The minimum Gasteiger partial charge on any atom is -0.394 e. The molecule has 3 rings (SSSR count). The summed E-state index contributed by atoms with van der Waals surface area (Å²) in [4.78, 5) is 0. The van der Waals surface area contributed by atoms with Crippen LogP contribution in [0.3, 0.4) is 0 Å². The van der Waals surface area contributed by atoms with Crippen molar-refractivity contribution >= 4 is 0 Å². The van der Waals surface area contributed by atoms with Crippen LogP contribution in [0.1, 0.15) is 12.5 Å². The molecule has 0 aliphatic carbocycles. The summed E-state index contributed by atoms with van der Waals surface area (Å²) in [5.74, 6) is -0.980. The monoisotopic (exact) mass is 266 g/mol. The summed E-state index contributed by atoms with van der Waals surface area (Å²) in [6, 6.07) is 9.73. The molecule has 0 spiro atoms. The van der Waals surface area contributed by atoms with Gasteiger partial charge in [-0.2, -0.15) is 0 Å². The second-order valence-corrected chi connectivity index (χ2v) is 5.15. The third-order valence-electron chi connectivity index (χ3n) is 3.74. The van der Waals surface area contributed by atoms with Gasteiger partial charge in [0, 0.05) is 0 Å². The van der Waals surface area contributed by atoms with E-state index in [-0.39, 0.29) is 6.61 Å². The first-order valence-electron chi connectivity index (χ1n) is 6.44. The second kappa shape index (κ2) is 4.85. The lowest BCUT2D eigenvalue weighted by molar-refractivity contribution is -0.230. The highest BCUT2D eigenvalue weighted by Crippen LogP contribution is 2.44. The van der Waals surface area contributed by atoms with Crippen LogP contribution in [0.15, 0.2) is 30.3 Å². The van der Waals surface area contributed by atoms with Crippen molar-refractivity contribution in [2.75, 3.05) is 6.61 Å². The van der Waals surface area contributed by atoms with Gasteiger partial charge in [0.25, 0.3) is 0 Å².